The minimum Gasteiger partial charge on any atom is -0.371 e. The summed E-state index contributed by atoms with van der Waals surface area (Å²) in [7, 11) is 2.08. The van der Waals surface area contributed by atoms with Crippen molar-refractivity contribution in [3.05, 3.63) is 0 Å². The van der Waals surface area contributed by atoms with E-state index in [9.17, 15) is 13.2 Å². The van der Waals surface area contributed by atoms with Crippen LogP contribution in [0.2, 0.25) is 0 Å². The van der Waals surface area contributed by atoms with E-state index in [1.165, 1.54) is 0 Å². The van der Waals surface area contributed by atoms with Crippen LogP contribution in [0.15, 0.2) is 0 Å². The third-order valence-corrected chi connectivity index (χ3v) is 3.03. The summed E-state index contributed by atoms with van der Waals surface area (Å²) in [6, 6.07) is 0.390. The van der Waals surface area contributed by atoms with Crippen molar-refractivity contribution in [1.82, 2.24) is 10.2 Å². The third-order valence-electron chi connectivity index (χ3n) is 3.03. The summed E-state index contributed by atoms with van der Waals surface area (Å²) in [6.07, 6.45) is -3.18. The van der Waals surface area contributed by atoms with Crippen molar-refractivity contribution in [2.24, 2.45) is 5.92 Å². The Labute approximate surface area is 100 Å². The number of nitrogens with one attached hydrogen (secondary N) is 1. The molecule has 1 N–H and O–H groups in total. The fourth-order valence-corrected chi connectivity index (χ4v) is 2.16. The van der Waals surface area contributed by atoms with Crippen LogP contribution < -0.4 is 5.32 Å². The van der Waals surface area contributed by atoms with Gasteiger partial charge in [0.15, 0.2) is 0 Å². The molecule has 17 heavy (non-hydrogen) atoms. The monoisotopic (exact) mass is 254 g/mol. The third kappa shape index (κ3) is 6.24. The van der Waals surface area contributed by atoms with Crippen molar-refractivity contribution in [2.75, 3.05) is 39.9 Å². The first-order chi connectivity index (χ1) is 7.88. The second kappa shape index (κ2) is 6.56. The number of piperidine rings is 1. The van der Waals surface area contributed by atoms with Crippen LogP contribution in [-0.2, 0) is 4.74 Å². The highest BCUT2D eigenvalue weighted by molar-refractivity contribution is 4.81. The second-order valence-electron chi connectivity index (χ2n) is 4.76. The molecule has 1 rings (SSSR count). The van der Waals surface area contributed by atoms with Gasteiger partial charge >= 0.3 is 6.18 Å². The Morgan fingerprint density at radius 2 is 2.12 bits per heavy atom. The lowest BCUT2D eigenvalue weighted by Crippen LogP contribution is -2.47. The number of alkyl halides is 3. The van der Waals surface area contributed by atoms with Crippen LogP contribution in [0.3, 0.4) is 0 Å². The Hall–Kier alpha value is -0.330. The van der Waals surface area contributed by atoms with Crippen LogP contribution in [0.5, 0.6) is 0 Å². The van der Waals surface area contributed by atoms with E-state index >= 15 is 0 Å². The zero-order chi connectivity index (χ0) is 12.9. The Kier molecular flexibility index (Phi) is 5.69. The molecule has 1 fully saturated rings. The maximum Gasteiger partial charge on any atom is 0.411 e. The molecular weight excluding hydrogens is 233 g/mol. The maximum atomic E-state index is 11.8. The Bertz CT molecular complexity index is 223. The average Bonchev–Trinajstić information content (AvgIpc) is 2.18. The number of nitrogens with zero attached hydrogens (tertiary/aromatic N) is 1. The molecule has 3 nitrogen and oxygen atoms in total. The Balaban J connectivity index is 2.06. The van der Waals surface area contributed by atoms with Crippen molar-refractivity contribution in [1.29, 1.82) is 0 Å². The highest BCUT2D eigenvalue weighted by atomic mass is 19.4. The van der Waals surface area contributed by atoms with E-state index in [4.69, 9.17) is 0 Å². The molecule has 0 bridgehead atoms. The predicted molar refractivity (Wildman–Crippen MR) is 59.9 cm³/mol. The molecule has 1 saturated heterocycles. The summed E-state index contributed by atoms with van der Waals surface area (Å²) in [4.78, 5) is 2.27. The van der Waals surface area contributed by atoms with Gasteiger partial charge in [0.25, 0.3) is 0 Å². The molecule has 0 aromatic rings. The number of hydrogen-bond donors (Lipinski definition) is 1. The van der Waals surface area contributed by atoms with Gasteiger partial charge in [-0.15, -0.1) is 0 Å². The van der Waals surface area contributed by atoms with Crippen molar-refractivity contribution in [3.8, 4) is 0 Å². The molecule has 1 aliphatic heterocycles. The van der Waals surface area contributed by atoms with Gasteiger partial charge in [0.05, 0.1) is 6.61 Å². The largest absolute Gasteiger partial charge is 0.411 e. The van der Waals surface area contributed by atoms with Gasteiger partial charge in [-0.25, -0.2) is 0 Å². The van der Waals surface area contributed by atoms with E-state index in [2.05, 4.69) is 28.9 Å². The highest BCUT2D eigenvalue weighted by Gasteiger charge is 2.27. The van der Waals surface area contributed by atoms with E-state index < -0.39 is 12.8 Å². The van der Waals surface area contributed by atoms with Gasteiger partial charge in [0.1, 0.15) is 6.61 Å². The normalized spacial score (nSPS) is 27.4. The fourth-order valence-electron chi connectivity index (χ4n) is 2.16. The summed E-state index contributed by atoms with van der Waals surface area (Å²) in [5.74, 6) is 0.524. The molecule has 1 aliphatic rings. The van der Waals surface area contributed by atoms with Crippen LogP contribution >= 0.6 is 0 Å². The number of ether oxygens (including phenoxy) is 1. The van der Waals surface area contributed by atoms with Crippen LogP contribution in [0, 0.1) is 5.92 Å². The maximum absolute atomic E-state index is 11.8. The van der Waals surface area contributed by atoms with Crippen LogP contribution in [0.4, 0.5) is 13.2 Å². The first-order valence-electron chi connectivity index (χ1n) is 5.95. The van der Waals surface area contributed by atoms with Crippen molar-refractivity contribution in [3.63, 3.8) is 0 Å². The first-order valence-corrected chi connectivity index (χ1v) is 5.95. The number of halogens is 3. The van der Waals surface area contributed by atoms with Gasteiger partial charge in [0.2, 0.25) is 0 Å². The van der Waals surface area contributed by atoms with Crippen molar-refractivity contribution in [2.45, 2.75) is 25.6 Å². The molecule has 0 amide bonds. The number of rotatable bonds is 5. The smallest absolute Gasteiger partial charge is 0.371 e. The minimum absolute atomic E-state index is 0.110. The molecule has 0 aliphatic carbocycles. The number of likely N-dealkylation sites (tertiary alicyclic amines) is 1. The van der Waals surface area contributed by atoms with E-state index in [1.807, 2.05) is 0 Å². The lowest BCUT2D eigenvalue weighted by Gasteiger charge is -2.35. The molecule has 2 atom stereocenters. The minimum atomic E-state index is -4.22. The van der Waals surface area contributed by atoms with Gasteiger partial charge in [-0.3, -0.25) is 0 Å². The van der Waals surface area contributed by atoms with E-state index in [0.29, 0.717) is 18.5 Å². The molecule has 0 saturated carbocycles. The van der Waals surface area contributed by atoms with Gasteiger partial charge in [-0.2, -0.15) is 13.2 Å². The van der Waals surface area contributed by atoms with Gasteiger partial charge in [-0.1, -0.05) is 6.92 Å². The molecule has 6 heteroatoms. The zero-order valence-electron chi connectivity index (χ0n) is 10.4. The molecule has 0 aromatic heterocycles. The molecule has 2 unspecified atom stereocenters. The average molecular weight is 254 g/mol. The van der Waals surface area contributed by atoms with Crippen molar-refractivity contribution < 1.29 is 17.9 Å². The lowest BCUT2D eigenvalue weighted by molar-refractivity contribution is -0.173. The van der Waals surface area contributed by atoms with Gasteiger partial charge in [-0.05, 0) is 25.9 Å². The SMILES string of the molecule is CC1CN(C)CCC1NCCOCC(F)(F)F. The standard InChI is InChI=1S/C11H21F3N2O/c1-9-7-16(2)5-3-10(9)15-4-6-17-8-11(12,13)14/h9-10,15H,3-8H2,1-2H3. The topological polar surface area (TPSA) is 24.5 Å². The highest BCUT2D eigenvalue weighted by Crippen LogP contribution is 2.15. The molecular formula is C11H21F3N2O. The summed E-state index contributed by atoms with van der Waals surface area (Å²) in [5, 5.41) is 3.26. The zero-order valence-corrected chi connectivity index (χ0v) is 10.4. The molecule has 0 aromatic carbocycles. The first kappa shape index (κ1) is 14.7. The van der Waals surface area contributed by atoms with Gasteiger partial charge in [0, 0.05) is 19.1 Å². The van der Waals surface area contributed by atoms with Crippen molar-refractivity contribution >= 4 is 0 Å². The van der Waals surface area contributed by atoms with E-state index in [-0.39, 0.29) is 6.61 Å². The summed E-state index contributed by atoms with van der Waals surface area (Å²) in [5.41, 5.74) is 0. The van der Waals surface area contributed by atoms with Crippen LogP contribution in [-0.4, -0.2) is 57.0 Å². The predicted octanol–water partition coefficient (Wildman–Crippen LogP) is 1.50. The molecule has 0 radical (unpaired) electrons. The summed E-state index contributed by atoms with van der Waals surface area (Å²) < 4.78 is 39.9. The Morgan fingerprint density at radius 3 is 2.71 bits per heavy atom. The van der Waals surface area contributed by atoms with Crippen LogP contribution in [0.25, 0.3) is 0 Å². The quantitative estimate of drug-likeness (QED) is 0.752. The number of hydrogen-bond acceptors (Lipinski definition) is 3. The van der Waals surface area contributed by atoms with E-state index in [1.54, 1.807) is 0 Å². The second-order valence-corrected chi connectivity index (χ2v) is 4.76. The molecule has 0 spiro atoms. The van der Waals surface area contributed by atoms with Gasteiger partial charge < -0.3 is 15.0 Å². The van der Waals surface area contributed by atoms with E-state index in [0.717, 1.165) is 19.5 Å². The summed E-state index contributed by atoms with van der Waals surface area (Å²) in [6.45, 7) is 3.65. The molecule has 1 heterocycles. The fraction of sp³-hybridized carbons (Fsp3) is 1.00. The molecule has 102 valence electrons. The Morgan fingerprint density at radius 1 is 1.41 bits per heavy atom. The van der Waals surface area contributed by atoms with Crippen LogP contribution in [0.1, 0.15) is 13.3 Å². The lowest BCUT2D eigenvalue weighted by atomic mass is 9.94. The summed E-state index contributed by atoms with van der Waals surface area (Å²) >= 11 is 0.